The van der Waals surface area contributed by atoms with E-state index in [0.29, 0.717) is 17.9 Å². The Morgan fingerprint density at radius 3 is 2.71 bits per heavy atom. The van der Waals surface area contributed by atoms with Gasteiger partial charge in [-0.15, -0.1) is 0 Å². The molecule has 0 bridgehead atoms. The molecule has 76 valence electrons. The number of rotatable bonds is 2. The van der Waals surface area contributed by atoms with Crippen molar-refractivity contribution in [2.45, 2.75) is 12.8 Å². The molecule has 5 heteroatoms. The molecule has 0 aromatic carbocycles. The number of ether oxygens (including phenoxy) is 1. The lowest BCUT2D eigenvalue weighted by molar-refractivity contribution is -0.670. The van der Waals surface area contributed by atoms with Crippen LogP contribution in [-0.4, -0.2) is 18.9 Å². The molecular formula is C9H12NO4+. The van der Waals surface area contributed by atoms with Crippen molar-refractivity contribution in [1.29, 1.82) is 0 Å². The zero-order chi connectivity index (χ0) is 10.3. The fourth-order valence-electron chi connectivity index (χ4n) is 1.95. The van der Waals surface area contributed by atoms with E-state index in [0.717, 1.165) is 6.42 Å². The summed E-state index contributed by atoms with van der Waals surface area (Å²) in [6, 6.07) is 0. The van der Waals surface area contributed by atoms with Crippen molar-refractivity contribution < 1.29 is 25.1 Å². The number of hydrogen-bond acceptors (Lipinski definition) is 4. The average molecular weight is 198 g/mol. The summed E-state index contributed by atoms with van der Waals surface area (Å²) in [5, 5.41) is 0. The molecule has 14 heavy (non-hydrogen) atoms. The van der Waals surface area contributed by atoms with Crippen molar-refractivity contribution in [3.05, 3.63) is 11.3 Å². The van der Waals surface area contributed by atoms with Gasteiger partial charge in [0.15, 0.2) is 5.78 Å². The molecule has 0 heterocycles. The molecule has 2 saturated carbocycles. The van der Waals surface area contributed by atoms with Crippen LogP contribution in [0.1, 0.15) is 12.8 Å². The molecule has 2 aliphatic rings. The van der Waals surface area contributed by atoms with E-state index in [1.165, 1.54) is 7.11 Å². The van der Waals surface area contributed by atoms with Crippen LogP contribution >= 0.6 is 0 Å². The summed E-state index contributed by atoms with van der Waals surface area (Å²) in [6.45, 7) is 0. The van der Waals surface area contributed by atoms with E-state index in [9.17, 15) is 9.59 Å². The molecule has 0 spiro atoms. The maximum atomic E-state index is 11.6. The first-order valence-corrected chi connectivity index (χ1v) is 4.46. The molecule has 0 aliphatic heterocycles. The lowest BCUT2D eigenvalue weighted by Crippen LogP contribution is -2.50. The lowest BCUT2D eigenvalue weighted by Gasteiger charge is -2.04. The number of Topliss-reactive ketones (excluding diaryl/α,β-unsaturated/α-hetero) is 1. The Bertz CT molecular complexity index is 334. The molecule has 0 radical (unpaired) electrons. The fourth-order valence-corrected chi connectivity index (χ4v) is 1.95. The standard InChI is InChI=1S/C9H12NO4/c1-13-9(12)8(14-10)6-3-4-2-5(4)7(6)11/h4-5H,2-3H2,1,10H3/q+1/b8-6-. The van der Waals surface area contributed by atoms with Crippen LogP contribution in [0.4, 0.5) is 0 Å². The molecule has 2 unspecified atom stereocenters. The Labute approximate surface area is 80.8 Å². The maximum absolute atomic E-state index is 11.6. The summed E-state index contributed by atoms with van der Waals surface area (Å²) in [4.78, 5) is 27.5. The summed E-state index contributed by atoms with van der Waals surface area (Å²) < 4.78 is 4.50. The van der Waals surface area contributed by atoms with Crippen molar-refractivity contribution in [3.8, 4) is 0 Å². The van der Waals surface area contributed by atoms with Crippen LogP contribution in [0.15, 0.2) is 11.3 Å². The van der Waals surface area contributed by atoms with E-state index in [1.807, 2.05) is 0 Å². The second kappa shape index (κ2) is 3.09. The van der Waals surface area contributed by atoms with Gasteiger partial charge in [-0.05, 0) is 18.8 Å². The average Bonchev–Trinajstić information content (AvgIpc) is 2.89. The SMILES string of the molecule is COC(=O)/C(O[NH3+])=C1\CC2CC2C1=O. The van der Waals surface area contributed by atoms with Crippen molar-refractivity contribution >= 4 is 11.8 Å². The topological polar surface area (TPSA) is 80.2 Å². The summed E-state index contributed by atoms with van der Waals surface area (Å²) in [6.07, 6.45) is 1.58. The number of allylic oxidation sites excluding steroid dienone is 1. The molecule has 0 aromatic rings. The van der Waals surface area contributed by atoms with Crippen molar-refractivity contribution in [1.82, 2.24) is 0 Å². The predicted molar refractivity (Wildman–Crippen MR) is 44.2 cm³/mol. The Morgan fingerprint density at radius 1 is 1.57 bits per heavy atom. The molecule has 2 aliphatic carbocycles. The van der Waals surface area contributed by atoms with E-state index in [-0.39, 0.29) is 17.5 Å². The molecule has 5 nitrogen and oxygen atoms in total. The largest absolute Gasteiger partial charge is 0.463 e. The van der Waals surface area contributed by atoms with E-state index >= 15 is 0 Å². The summed E-state index contributed by atoms with van der Waals surface area (Å²) in [5.74, 6) is 3.09. The second-order valence-electron chi connectivity index (χ2n) is 3.61. The van der Waals surface area contributed by atoms with Gasteiger partial charge in [-0.1, -0.05) is 0 Å². The van der Waals surface area contributed by atoms with Gasteiger partial charge in [-0.3, -0.25) is 4.79 Å². The Kier molecular flexibility index (Phi) is 2.03. The van der Waals surface area contributed by atoms with Crippen molar-refractivity contribution in [3.63, 3.8) is 0 Å². The Balaban J connectivity index is 2.28. The van der Waals surface area contributed by atoms with Crippen LogP contribution in [0.2, 0.25) is 0 Å². The van der Waals surface area contributed by atoms with E-state index < -0.39 is 5.97 Å². The third kappa shape index (κ3) is 1.21. The molecule has 2 fully saturated rings. The van der Waals surface area contributed by atoms with Gasteiger partial charge in [-0.2, -0.15) is 5.90 Å². The first kappa shape index (κ1) is 9.21. The normalized spacial score (nSPS) is 32.3. The van der Waals surface area contributed by atoms with Crippen LogP contribution in [0.25, 0.3) is 0 Å². The molecule has 3 N–H and O–H groups in total. The number of carbonyl (C=O) groups is 2. The van der Waals surface area contributed by atoms with Gasteiger partial charge < -0.3 is 9.57 Å². The summed E-state index contributed by atoms with van der Waals surface area (Å²) in [7, 11) is 1.25. The van der Waals surface area contributed by atoms with Crippen molar-refractivity contribution in [2.75, 3.05) is 7.11 Å². The zero-order valence-electron chi connectivity index (χ0n) is 7.91. The molecule has 0 amide bonds. The highest BCUT2D eigenvalue weighted by molar-refractivity contribution is 6.07. The van der Waals surface area contributed by atoms with E-state index in [1.54, 1.807) is 0 Å². The van der Waals surface area contributed by atoms with Gasteiger partial charge in [0.1, 0.15) is 0 Å². The third-order valence-corrected chi connectivity index (χ3v) is 2.81. The van der Waals surface area contributed by atoms with Crippen LogP contribution in [0.5, 0.6) is 0 Å². The lowest BCUT2D eigenvalue weighted by atomic mass is 10.1. The number of carbonyl (C=O) groups excluding carboxylic acids is 2. The van der Waals surface area contributed by atoms with Gasteiger partial charge in [0.2, 0.25) is 0 Å². The maximum Gasteiger partial charge on any atom is 0.381 e. The van der Waals surface area contributed by atoms with E-state index in [2.05, 4.69) is 15.5 Å². The minimum Gasteiger partial charge on any atom is -0.463 e. The van der Waals surface area contributed by atoms with Gasteiger partial charge in [0.25, 0.3) is 5.76 Å². The van der Waals surface area contributed by atoms with Crippen molar-refractivity contribution in [2.24, 2.45) is 11.8 Å². The fraction of sp³-hybridized carbons (Fsp3) is 0.556. The number of hydrogen-bond donors (Lipinski definition) is 1. The van der Waals surface area contributed by atoms with Crippen LogP contribution in [0.3, 0.4) is 0 Å². The van der Waals surface area contributed by atoms with Gasteiger partial charge in [0.05, 0.1) is 12.7 Å². The highest BCUT2D eigenvalue weighted by atomic mass is 16.6. The Morgan fingerprint density at radius 2 is 2.29 bits per heavy atom. The first-order chi connectivity index (χ1) is 6.69. The second-order valence-corrected chi connectivity index (χ2v) is 3.61. The molecule has 0 aromatic heterocycles. The van der Waals surface area contributed by atoms with Gasteiger partial charge >= 0.3 is 5.97 Å². The summed E-state index contributed by atoms with van der Waals surface area (Å²) >= 11 is 0. The predicted octanol–water partition coefficient (Wildman–Crippen LogP) is -0.804. The first-order valence-electron chi connectivity index (χ1n) is 4.46. The van der Waals surface area contributed by atoms with Gasteiger partial charge in [0, 0.05) is 5.92 Å². The number of methoxy groups -OCH3 is 1. The van der Waals surface area contributed by atoms with Gasteiger partial charge in [-0.25, -0.2) is 4.79 Å². The summed E-state index contributed by atoms with van der Waals surface area (Å²) in [5.41, 5.74) is 0.452. The molecular weight excluding hydrogens is 186 g/mol. The molecule has 2 atom stereocenters. The molecule has 0 saturated heterocycles. The third-order valence-electron chi connectivity index (χ3n) is 2.81. The zero-order valence-corrected chi connectivity index (χ0v) is 7.91. The van der Waals surface area contributed by atoms with E-state index in [4.69, 9.17) is 0 Å². The number of quaternary nitrogens is 1. The number of ketones is 1. The Hall–Kier alpha value is -1.36. The smallest absolute Gasteiger partial charge is 0.381 e. The monoisotopic (exact) mass is 198 g/mol. The minimum atomic E-state index is -0.621. The van der Waals surface area contributed by atoms with Crippen LogP contribution in [0, 0.1) is 11.8 Å². The highest BCUT2D eigenvalue weighted by Gasteiger charge is 2.52. The molecule has 2 rings (SSSR count). The number of esters is 1. The number of fused-ring (bicyclic) bond motifs is 1. The minimum absolute atomic E-state index is 0.0234. The van der Waals surface area contributed by atoms with Crippen LogP contribution in [-0.2, 0) is 19.2 Å². The highest BCUT2D eigenvalue weighted by Crippen LogP contribution is 2.52. The quantitative estimate of drug-likeness (QED) is 0.272. The van der Waals surface area contributed by atoms with Crippen LogP contribution < -0.4 is 5.90 Å².